The van der Waals surface area contributed by atoms with E-state index in [4.69, 9.17) is 5.90 Å². The molecule has 0 saturated carbocycles. The van der Waals surface area contributed by atoms with E-state index < -0.39 is 0 Å². The summed E-state index contributed by atoms with van der Waals surface area (Å²) >= 11 is 0. The van der Waals surface area contributed by atoms with Crippen LogP contribution in [0.2, 0.25) is 0 Å². The predicted molar refractivity (Wildman–Crippen MR) is 37.2 cm³/mol. The van der Waals surface area contributed by atoms with Crippen molar-refractivity contribution in [3.63, 3.8) is 0 Å². The van der Waals surface area contributed by atoms with Gasteiger partial charge in [0.15, 0.2) is 0 Å². The highest BCUT2D eigenvalue weighted by molar-refractivity contribution is 4.51. The van der Waals surface area contributed by atoms with Crippen molar-refractivity contribution in [2.45, 2.75) is 26.0 Å². The highest BCUT2D eigenvalue weighted by Crippen LogP contribution is 1.95. The summed E-state index contributed by atoms with van der Waals surface area (Å²) in [6.45, 7) is 2.62. The molecule has 0 aliphatic rings. The first-order chi connectivity index (χ1) is 5.33. The van der Waals surface area contributed by atoms with E-state index in [9.17, 15) is 0 Å². The predicted octanol–water partition coefficient (Wildman–Crippen LogP) is -0.658. The number of nitrogens with zero attached hydrogens (tertiary/aromatic N) is 4. The van der Waals surface area contributed by atoms with Crippen LogP contribution in [0.25, 0.3) is 0 Å². The Morgan fingerprint density at radius 1 is 1.73 bits per heavy atom. The zero-order valence-corrected chi connectivity index (χ0v) is 6.34. The summed E-state index contributed by atoms with van der Waals surface area (Å²) in [4.78, 5) is 4.57. The zero-order chi connectivity index (χ0) is 8.10. The number of rotatable bonds is 4. The van der Waals surface area contributed by atoms with E-state index in [-0.39, 0.29) is 6.10 Å². The van der Waals surface area contributed by atoms with E-state index in [0.29, 0.717) is 0 Å². The molecule has 11 heavy (non-hydrogen) atoms. The van der Waals surface area contributed by atoms with Gasteiger partial charge in [0.25, 0.3) is 0 Å². The van der Waals surface area contributed by atoms with Crippen molar-refractivity contribution in [1.82, 2.24) is 20.2 Å². The SMILES string of the molecule is CC(CCn1cnnn1)ON. The van der Waals surface area contributed by atoms with Crippen LogP contribution in [0.5, 0.6) is 0 Å². The molecule has 1 aromatic rings. The Morgan fingerprint density at radius 2 is 2.55 bits per heavy atom. The molecule has 1 heterocycles. The summed E-state index contributed by atoms with van der Waals surface area (Å²) < 4.78 is 1.63. The van der Waals surface area contributed by atoms with Gasteiger partial charge < -0.3 is 4.84 Å². The quantitative estimate of drug-likeness (QED) is 0.587. The number of hydrogen-bond donors (Lipinski definition) is 1. The molecule has 0 bridgehead atoms. The van der Waals surface area contributed by atoms with Crippen LogP contribution in [0.3, 0.4) is 0 Å². The summed E-state index contributed by atoms with van der Waals surface area (Å²) in [6, 6.07) is 0. The van der Waals surface area contributed by atoms with E-state index in [1.165, 1.54) is 0 Å². The summed E-state index contributed by atoms with van der Waals surface area (Å²) in [5.74, 6) is 4.95. The molecule has 0 saturated heterocycles. The molecule has 1 unspecified atom stereocenters. The van der Waals surface area contributed by atoms with E-state index in [1.54, 1.807) is 11.0 Å². The maximum absolute atomic E-state index is 4.95. The molecule has 0 spiro atoms. The van der Waals surface area contributed by atoms with Crippen LogP contribution in [0.15, 0.2) is 6.33 Å². The van der Waals surface area contributed by atoms with Crippen LogP contribution in [0, 0.1) is 0 Å². The van der Waals surface area contributed by atoms with Gasteiger partial charge in [-0.2, -0.15) is 0 Å². The van der Waals surface area contributed by atoms with Gasteiger partial charge in [-0.05, 0) is 23.8 Å². The lowest BCUT2D eigenvalue weighted by Crippen LogP contribution is -2.15. The van der Waals surface area contributed by atoms with Crippen LogP contribution in [0.1, 0.15) is 13.3 Å². The maximum atomic E-state index is 4.95. The molecule has 0 fully saturated rings. The van der Waals surface area contributed by atoms with E-state index in [0.717, 1.165) is 13.0 Å². The van der Waals surface area contributed by atoms with Gasteiger partial charge in [-0.3, -0.25) is 0 Å². The van der Waals surface area contributed by atoms with Crippen LogP contribution in [-0.2, 0) is 11.4 Å². The van der Waals surface area contributed by atoms with Gasteiger partial charge in [0.2, 0.25) is 0 Å². The third-order valence-corrected chi connectivity index (χ3v) is 1.39. The minimum Gasteiger partial charge on any atom is -0.302 e. The van der Waals surface area contributed by atoms with Gasteiger partial charge >= 0.3 is 0 Å². The monoisotopic (exact) mass is 157 g/mol. The summed E-state index contributed by atoms with van der Waals surface area (Å²) in [7, 11) is 0. The Balaban J connectivity index is 2.23. The second kappa shape index (κ2) is 3.99. The number of hydrogen-bond acceptors (Lipinski definition) is 5. The lowest BCUT2D eigenvalue weighted by Gasteiger charge is -2.06. The molecule has 0 aromatic carbocycles. The molecule has 6 heteroatoms. The molecule has 1 atom stereocenters. The highest BCUT2D eigenvalue weighted by atomic mass is 16.6. The summed E-state index contributed by atoms with van der Waals surface area (Å²) in [5.41, 5.74) is 0. The van der Waals surface area contributed by atoms with Crippen LogP contribution in [0.4, 0.5) is 0 Å². The highest BCUT2D eigenvalue weighted by Gasteiger charge is 2.00. The molecule has 2 N–H and O–H groups in total. The van der Waals surface area contributed by atoms with Gasteiger partial charge in [-0.25, -0.2) is 10.6 Å². The van der Waals surface area contributed by atoms with Crippen molar-refractivity contribution in [3.05, 3.63) is 6.33 Å². The Hall–Kier alpha value is -1.01. The largest absolute Gasteiger partial charge is 0.302 e. The van der Waals surface area contributed by atoms with E-state index in [2.05, 4.69) is 20.4 Å². The first-order valence-electron chi connectivity index (χ1n) is 3.39. The zero-order valence-electron chi connectivity index (χ0n) is 6.34. The molecule has 0 aliphatic carbocycles. The minimum absolute atomic E-state index is 0.0409. The van der Waals surface area contributed by atoms with Gasteiger partial charge in [0.05, 0.1) is 6.10 Å². The Bertz CT molecular complexity index is 187. The third-order valence-electron chi connectivity index (χ3n) is 1.39. The Morgan fingerprint density at radius 3 is 3.09 bits per heavy atom. The number of aryl methyl sites for hydroxylation is 1. The lowest BCUT2D eigenvalue weighted by atomic mass is 10.3. The third kappa shape index (κ3) is 2.60. The lowest BCUT2D eigenvalue weighted by molar-refractivity contribution is 0.0568. The van der Waals surface area contributed by atoms with Gasteiger partial charge in [0.1, 0.15) is 6.33 Å². The van der Waals surface area contributed by atoms with Crippen molar-refractivity contribution >= 4 is 0 Å². The number of nitrogens with two attached hydrogens (primary N) is 1. The number of aromatic nitrogens is 4. The van der Waals surface area contributed by atoms with Crippen LogP contribution in [-0.4, -0.2) is 26.3 Å². The Labute approximate surface area is 64.3 Å². The van der Waals surface area contributed by atoms with Gasteiger partial charge in [0, 0.05) is 6.54 Å². The first kappa shape index (κ1) is 8.09. The standard InChI is InChI=1S/C5H11N5O/c1-5(11-6)2-3-10-4-7-8-9-10/h4-5H,2-3,6H2,1H3. The fourth-order valence-corrected chi connectivity index (χ4v) is 0.665. The van der Waals surface area contributed by atoms with E-state index >= 15 is 0 Å². The molecule has 0 aliphatic heterocycles. The van der Waals surface area contributed by atoms with Gasteiger partial charge in [-0.1, -0.05) is 0 Å². The molecule has 6 nitrogen and oxygen atoms in total. The fraction of sp³-hybridized carbons (Fsp3) is 0.800. The molecule has 0 amide bonds. The molecular formula is C5H11N5O. The van der Waals surface area contributed by atoms with Crippen molar-refractivity contribution < 1.29 is 4.84 Å². The topological polar surface area (TPSA) is 78.8 Å². The second-order valence-corrected chi connectivity index (χ2v) is 2.31. The molecule has 1 aromatic heterocycles. The first-order valence-corrected chi connectivity index (χ1v) is 3.39. The second-order valence-electron chi connectivity index (χ2n) is 2.31. The molecule has 0 radical (unpaired) electrons. The van der Waals surface area contributed by atoms with Crippen molar-refractivity contribution in [3.8, 4) is 0 Å². The van der Waals surface area contributed by atoms with Crippen molar-refractivity contribution in [1.29, 1.82) is 0 Å². The van der Waals surface area contributed by atoms with Crippen molar-refractivity contribution in [2.75, 3.05) is 0 Å². The maximum Gasteiger partial charge on any atom is 0.138 e. The normalized spacial score (nSPS) is 13.3. The van der Waals surface area contributed by atoms with Crippen molar-refractivity contribution in [2.24, 2.45) is 5.90 Å². The average Bonchev–Trinajstić information content (AvgIpc) is 2.52. The van der Waals surface area contributed by atoms with Gasteiger partial charge in [-0.15, -0.1) is 5.10 Å². The van der Waals surface area contributed by atoms with Crippen LogP contribution < -0.4 is 5.90 Å². The smallest absolute Gasteiger partial charge is 0.138 e. The van der Waals surface area contributed by atoms with Crippen LogP contribution >= 0.6 is 0 Å². The molecule has 62 valence electrons. The summed E-state index contributed by atoms with van der Waals surface area (Å²) in [6.07, 6.45) is 2.41. The van der Waals surface area contributed by atoms with E-state index in [1.807, 2.05) is 6.92 Å². The summed E-state index contributed by atoms with van der Waals surface area (Å²) in [5, 5.41) is 10.7. The molecular weight excluding hydrogens is 146 g/mol. The Kier molecular flexibility index (Phi) is 2.94. The minimum atomic E-state index is 0.0409. The molecule has 1 rings (SSSR count). The average molecular weight is 157 g/mol. The number of tetrazole rings is 1. The fourth-order valence-electron chi connectivity index (χ4n) is 0.665.